The Labute approximate surface area is 104 Å². The van der Waals surface area contributed by atoms with Crippen molar-refractivity contribution in [2.45, 2.75) is 32.7 Å². The van der Waals surface area contributed by atoms with Gasteiger partial charge in [0, 0.05) is 13.1 Å². The van der Waals surface area contributed by atoms with Crippen LogP contribution in [-0.2, 0) is 6.42 Å². The van der Waals surface area contributed by atoms with Crippen LogP contribution in [0.25, 0.3) is 0 Å². The average Bonchev–Trinajstić information content (AvgIpc) is 2.87. The smallest absolute Gasteiger partial charge is 0.108 e. The summed E-state index contributed by atoms with van der Waals surface area (Å²) in [5, 5.41) is 6.38. The maximum Gasteiger partial charge on any atom is 0.108 e. The highest BCUT2D eigenvalue weighted by atomic mass is 16.3. The van der Waals surface area contributed by atoms with Crippen molar-refractivity contribution in [3.8, 4) is 0 Å². The molecule has 0 unspecified atom stereocenters. The van der Waals surface area contributed by atoms with E-state index >= 15 is 0 Å². The van der Waals surface area contributed by atoms with Gasteiger partial charge in [-0.05, 0) is 24.3 Å². The second-order valence-electron chi connectivity index (χ2n) is 4.12. The van der Waals surface area contributed by atoms with Crippen LogP contribution in [0, 0.1) is 10.8 Å². The van der Waals surface area contributed by atoms with Crippen LogP contribution >= 0.6 is 0 Å². The van der Waals surface area contributed by atoms with E-state index in [1.807, 2.05) is 19.9 Å². The number of hydrogen-bond acceptors (Lipinski definition) is 3. The van der Waals surface area contributed by atoms with E-state index < -0.39 is 0 Å². The van der Waals surface area contributed by atoms with Gasteiger partial charge < -0.3 is 5.32 Å². The largest absolute Gasteiger partial charge is 0.314 e. The van der Waals surface area contributed by atoms with Crippen LogP contribution in [0.15, 0.2) is 35.5 Å². The van der Waals surface area contributed by atoms with Gasteiger partial charge in [0.05, 0.1) is 0 Å². The fourth-order valence-corrected chi connectivity index (χ4v) is 2.13. The number of benzene rings is 1. The van der Waals surface area contributed by atoms with Crippen LogP contribution < -0.4 is 5.32 Å². The van der Waals surface area contributed by atoms with Gasteiger partial charge in [-0.25, -0.2) is 0 Å². The number of nitrogens with one attached hydrogen (secondary N) is 1. The summed E-state index contributed by atoms with van der Waals surface area (Å²) in [6.07, 6.45) is 2.09. The van der Waals surface area contributed by atoms with Gasteiger partial charge in [-0.1, -0.05) is 49.4 Å². The van der Waals surface area contributed by atoms with Crippen LogP contribution in [0.3, 0.4) is 0 Å². The van der Waals surface area contributed by atoms with Gasteiger partial charge in [-0.15, -0.1) is 0 Å². The molecule has 1 aliphatic rings. The van der Waals surface area contributed by atoms with Crippen LogP contribution in [0.2, 0.25) is 0 Å². The average molecular weight is 234 g/mol. The molecule has 0 spiro atoms. The Morgan fingerprint density at radius 2 is 1.94 bits per heavy atom. The van der Waals surface area contributed by atoms with E-state index in [-0.39, 0.29) is 6.04 Å². The molecule has 1 fully saturated rings. The summed E-state index contributed by atoms with van der Waals surface area (Å²) in [6, 6.07) is 10.4. The van der Waals surface area contributed by atoms with Crippen molar-refractivity contribution < 1.29 is 0 Å². The molecule has 1 aliphatic heterocycles. The third kappa shape index (κ3) is 4.27. The van der Waals surface area contributed by atoms with Crippen molar-refractivity contribution in [1.29, 1.82) is 0 Å². The second kappa shape index (κ2) is 7.96. The van der Waals surface area contributed by atoms with Gasteiger partial charge in [0.1, 0.15) is 6.04 Å². The van der Waals surface area contributed by atoms with Crippen molar-refractivity contribution in [2.24, 2.45) is 11.1 Å². The first-order valence-corrected chi connectivity index (χ1v) is 6.47. The van der Waals surface area contributed by atoms with Gasteiger partial charge >= 0.3 is 0 Å². The van der Waals surface area contributed by atoms with Crippen molar-refractivity contribution >= 4 is 0 Å². The minimum atomic E-state index is -0.0197. The summed E-state index contributed by atoms with van der Waals surface area (Å²) in [5.74, 6) is 0.419. The maximum absolute atomic E-state index is 10.5. The van der Waals surface area contributed by atoms with Crippen LogP contribution in [0.5, 0.6) is 0 Å². The molecule has 0 radical (unpaired) electrons. The third-order valence-corrected chi connectivity index (χ3v) is 3.09. The SMILES string of the molecule is CC.O=N[C@H]1CNC[C@@H]1CCc1ccccc1. The van der Waals surface area contributed by atoms with E-state index in [2.05, 4.69) is 34.8 Å². The number of nitrogens with zero attached hydrogens (tertiary/aromatic N) is 1. The van der Waals surface area contributed by atoms with E-state index in [9.17, 15) is 4.91 Å². The fourth-order valence-electron chi connectivity index (χ4n) is 2.13. The Bertz CT molecular complexity index is 313. The topological polar surface area (TPSA) is 41.5 Å². The van der Waals surface area contributed by atoms with Gasteiger partial charge in [-0.2, -0.15) is 4.91 Å². The highest BCUT2D eigenvalue weighted by Gasteiger charge is 2.27. The molecule has 17 heavy (non-hydrogen) atoms. The molecule has 3 nitrogen and oxygen atoms in total. The molecular formula is C14H22N2O. The lowest BCUT2D eigenvalue weighted by molar-refractivity contribution is 0.476. The molecule has 0 bridgehead atoms. The lowest BCUT2D eigenvalue weighted by Gasteiger charge is -2.11. The zero-order valence-electron chi connectivity index (χ0n) is 10.7. The van der Waals surface area contributed by atoms with Crippen molar-refractivity contribution in [2.75, 3.05) is 13.1 Å². The lowest BCUT2D eigenvalue weighted by Crippen LogP contribution is -2.16. The molecule has 1 saturated heterocycles. The van der Waals surface area contributed by atoms with Gasteiger partial charge in [0.15, 0.2) is 0 Å². The Kier molecular flexibility index (Phi) is 6.48. The highest BCUT2D eigenvalue weighted by molar-refractivity contribution is 5.14. The number of aryl methyl sites for hydroxylation is 1. The Morgan fingerprint density at radius 1 is 1.24 bits per heavy atom. The summed E-state index contributed by atoms with van der Waals surface area (Å²) in [6.45, 7) is 5.69. The maximum atomic E-state index is 10.5. The minimum Gasteiger partial charge on any atom is -0.314 e. The van der Waals surface area contributed by atoms with Crippen LogP contribution in [0.4, 0.5) is 0 Å². The monoisotopic (exact) mass is 234 g/mol. The zero-order chi connectivity index (χ0) is 12.5. The summed E-state index contributed by atoms with van der Waals surface area (Å²) >= 11 is 0. The molecule has 94 valence electrons. The molecule has 0 aromatic heterocycles. The molecule has 2 atom stereocenters. The van der Waals surface area contributed by atoms with E-state index in [4.69, 9.17) is 0 Å². The summed E-state index contributed by atoms with van der Waals surface area (Å²) in [5.41, 5.74) is 1.34. The molecular weight excluding hydrogens is 212 g/mol. The second-order valence-corrected chi connectivity index (χ2v) is 4.12. The molecule has 3 heteroatoms. The predicted molar refractivity (Wildman–Crippen MR) is 72.1 cm³/mol. The minimum absolute atomic E-state index is 0.0197. The van der Waals surface area contributed by atoms with E-state index in [1.54, 1.807) is 0 Å². The first-order valence-electron chi connectivity index (χ1n) is 6.47. The standard InChI is InChI=1S/C12H16N2O.C2H6/c15-14-12-9-13-8-11(12)7-6-10-4-2-1-3-5-10;1-2/h1-5,11-13H,6-9H2;1-2H3/t11-,12-;/m0./s1. The van der Waals surface area contributed by atoms with Gasteiger partial charge in [-0.3, -0.25) is 0 Å². The number of nitroso groups, excluding NO2 is 1. The van der Waals surface area contributed by atoms with E-state index in [0.29, 0.717) is 5.92 Å². The lowest BCUT2D eigenvalue weighted by atomic mass is 9.96. The first-order chi connectivity index (χ1) is 8.40. The Balaban J connectivity index is 0.000000686. The first kappa shape index (κ1) is 13.8. The quantitative estimate of drug-likeness (QED) is 0.814. The fraction of sp³-hybridized carbons (Fsp3) is 0.571. The molecule has 2 rings (SSSR count). The van der Waals surface area contributed by atoms with Crippen LogP contribution in [0.1, 0.15) is 25.8 Å². The molecule has 1 aromatic rings. The summed E-state index contributed by atoms with van der Waals surface area (Å²) < 4.78 is 0. The Hall–Kier alpha value is -1.22. The van der Waals surface area contributed by atoms with Gasteiger partial charge in [0.25, 0.3) is 0 Å². The molecule has 0 aliphatic carbocycles. The molecule has 1 aromatic carbocycles. The van der Waals surface area contributed by atoms with Crippen molar-refractivity contribution in [1.82, 2.24) is 5.32 Å². The van der Waals surface area contributed by atoms with Gasteiger partial charge in [0.2, 0.25) is 0 Å². The number of rotatable bonds is 4. The molecule has 0 amide bonds. The Morgan fingerprint density at radius 3 is 2.59 bits per heavy atom. The predicted octanol–water partition coefficient (Wildman–Crippen LogP) is 3.00. The van der Waals surface area contributed by atoms with E-state index in [1.165, 1.54) is 5.56 Å². The molecule has 1 N–H and O–H groups in total. The summed E-state index contributed by atoms with van der Waals surface area (Å²) in [7, 11) is 0. The van der Waals surface area contributed by atoms with Crippen LogP contribution in [-0.4, -0.2) is 19.1 Å². The van der Waals surface area contributed by atoms with E-state index in [0.717, 1.165) is 25.9 Å². The molecule has 1 heterocycles. The van der Waals surface area contributed by atoms with Crippen molar-refractivity contribution in [3.63, 3.8) is 0 Å². The zero-order valence-corrected chi connectivity index (χ0v) is 10.7. The highest BCUT2D eigenvalue weighted by Crippen LogP contribution is 2.18. The number of hydrogen-bond donors (Lipinski definition) is 1. The normalized spacial score (nSPS) is 22.7. The van der Waals surface area contributed by atoms with Crippen molar-refractivity contribution in [3.05, 3.63) is 40.8 Å². The third-order valence-electron chi connectivity index (χ3n) is 3.09. The molecule has 0 saturated carbocycles. The summed E-state index contributed by atoms with van der Waals surface area (Å²) in [4.78, 5) is 10.5.